The van der Waals surface area contributed by atoms with Crippen molar-refractivity contribution < 1.29 is 14.3 Å². The number of hydrogen-bond donors (Lipinski definition) is 1. The highest BCUT2D eigenvalue weighted by atomic mass is 16.7. The smallest absolute Gasteiger partial charge is 0.225 e. The number of hydrogen-bond acceptors (Lipinski definition) is 3. The number of aromatic nitrogens is 1. The van der Waals surface area contributed by atoms with Crippen molar-refractivity contribution in [3.63, 3.8) is 0 Å². The molecule has 0 aliphatic carbocycles. The van der Waals surface area contributed by atoms with Crippen LogP contribution in [0.3, 0.4) is 0 Å². The first-order valence-electron chi connectivity index (χ1n) is 8.79. The van der Waals surface area contributed by atoms with Gasteiger partial charge in [-0.2, -0.15) is 0 Å². The quantitative estimate of drug-likeness (QED) is 0.942. The number of para-hydroxylation sites is 1. The summed E-state index contributed by atoms with van der Waals surface area (Å²) in [6.07, 6.45) is 4.34. The summed E-state index contributed by atoms with van der Waals surface area (Å²) in [6, 6.07) is 8.24. The highest BCUT2D eigenvalue weighted by Crippen LogP contribution is 2.32. The van der Waals surface area contributed by atoms with E-state index in [1.165, 1.54) is 10.9 Å². The third kappa shape index (κ3) is 2.82. The lowest BCUT2D eigenvalue weighted by atomic mass is 9.97. The molecule has 3 heterocycles. The van der Waals surface area contributed by atoms with Gasteiger partial charge in [0.25, 0.3) is 0 Å². The van der Waals surface area contributed by atoms with Gasteiger partial charge in [0.15, 0.2) is 5.79 Å². The molecule has 1 aromatic carbocycles. The summed E-state index contributed by atoms with van der Waals surface area (Å²) in [4.78, 5) is 18.1. The summed E-state index contributed by atoms with van der Waals surface area (Å²) in [5.74, 6) is -0.214. The van der Waals surface area contributed by atoms with Crippen LogP contribution in [0.5, 0.6) is 0 Å². The molecule has 24 heavy (non-hydrogen) atoms. The molecule has 1 atom stereocenters. The summed E-state index contributed by atoms with van der Waals surface area (Å²) >= 11 is 0. The molecule has 128 valence electrons. The van der Waals surface area contributed by atoms with E-state index in [2.05, 4.69) is 17.1 Å². The van der Waals surface area contributed by atoms with E-state index in [1.807, 2.05) is 30.2 Å². The van der Waals surface area contributed by atoms with E-state index in [9.17, 15) is 4.79 Å². The molecule has 1 spiro atoms. The average molecular weight is 328 g/mol. The maximum Gasteiger partial charge on any atom is 0.225 e. The minimum atomic E-state index is -0.420. The Hall–Kier alpha value is -1.85. The number of fused-ring (bicyclic) bond motifs is 1. The Morgan fingerprint density at radius 3 is 2.71 bits per heavy atom. The number of nitrogens with zero attached hydrogens (tertiary/aromatic N) is 1. The van der Waals surface area contributed by atoms with Crippen LogP contribution in [0.25, 0.3) is 10.9 Å². The molecule has 2 aromatic rings. The van der Waals surface area contributed by atoms with Crippen LogP contribution < -0.4 is 0 Å². The second-order valence-corrected chi connectivity index (χ2v) is 6.90. The number of rotatable bonds is 3. The van der Waals surface area contributed by atoms with E-state index in [1.54, 1.807) is 0 Å². The lowest BCUT2D eigenvalue weighted by Crippen LogP contribution is -2.48. The summed E-state index contributed by atoms with van der Waals surface area (Å²) < 4.78 is 11.5. The molecule has 2 aliphatic heterocycles. The Kier molecular flexibility index (Phi) is 4.06. The Bertz CT molecular complexity index is 723. The molecule has 1 aromatic heterocycles. The molecule has 5 nitrogen and oxygen atoms in total. The monoisotopic (exact) mass is 328 g/mol. The zero-order valence-corrected chi connectivity index (χ0v) is 14.1. The second kappa shape index (κ2) is 6.22. The number of amides is 1. The first-order valence-corrected chi connectivity index (χ1v) is 8.79. The van der Waals surface area contributed by atoms with Gasteiger partial charge in [0.2, 0.25) is 5.91 Å². The number of carbonyl (C=O) groups is 1. The molecule has 0 bridgehead atoms. The van der Waals surface area contributed by atoms with E-state index in [-0.39, 0.29) is 11.8 Å². The lowest BCUT2D eigenvalue weighted by molar-refractivity contribution is -0.188. The van der Waals surface area contributed by atoms with Crippen molar-refractivity contribution in [3.8, 4) is 0 Å². The van der Waals surface area contributed by atoms with Crippen LogP contribution in [0, 0.1) is 5.92 Å². The van der Waals surface area contributed by atoms with Gasteiger partial charge in [-0.1, -0.05) is 25.1 Å². The van der Waals surface area contributed by atoms with E-state index in [0.29, 0.717) is 13.2 Å². The molecule has 0 unspecified atom stereocenters. The number of piperidine rings is 1. The van der Waals surface area contributed by atoms with Gasteiger partial charge in [0, 0.05) is 48.9 Å². The number of aromatic amines is 1. The number of likely N-dealkylation sites (tertiary alicyclic amines) is 1. The first kappa shape index (κ1) is 15.7. The van der Waals surface area contributed by atoms with Gasteiger partial charge in [-0.25, -0.2) is 0 Å². The largest absolute Gasteiger partial charge is 0.361 e. The van der Waals surface area contributed by atoms with Gasteiger partial charge < -0.3 is 19.4 Å². The summed E-state index contributed by atoms with van der Waals surface area (Å²) in [5.41, 5.74) is 2.34. The van der Waals surface area contributed by atoms with E-state index >= 15 is 0 Å². The highest BCUT2D eigenvalue weighted by Gasteiger charge is 2.41. The molecular weight excluding hydrogens is 304 g/mol. The van der Waals surface area contributed by atoms with Crippen LogP contribution in [-0.2, 0) is 20.7 Å². The molecule has 0 saturated carbocycles. The van der Waals surface area contributed by atoms with Crippen molar-refractivity contribution in [3.05, 3.63) is 36.0 Å². The highest BCUT2D eigenvalue weighted by molar-refractivity contribution is 5.84. The van der Waals surface area contributed by atoms with Crippen molar-refractivity contribution in [1.82, 2.24) is 9.88 Å². The van der Waals surface area contributed by atoms with Crippen molar-refractivity contribution in [2.75, 3.05) is 26.3 Å². The minimum absolute atomic E-state index is 0.0244. The topological polar surface area (TPSA) is 54.6 Å². The number of nitrogens with one attached hydrogen (secondary N) is 1. The van der Waals surface area contributed by atoms with Crippen LogP contribution in [0.1, 0.15) is 25.3 Å². The number of H-pyrrole nitrogens is 1. The summed E-state index contributed by atoms with van der Waals surface area (Å²) in [5, 5.41) is 1.21. The molecule has 2 saturated heterocycles. The molecule has 4 rings (SSSR count). The molecular formula is C19H24N2O3. The van der Waals surface area contributed by atoms with Gasteiger partial charge in [-0.3, -0.25) is 4.79 Å². The van der Waals surface area contributed by atoms with Crippen molar-refractivity contribution in [1.29, 1.82) is 0 Å². The van der Waals surface area contributed by atoms with Crippen LogP contribution >= 0.6 is 0 Å². The Labute approximate surface area is 141 Å². The van der Waals surface area contributed by atoms with E-state index in [4.69, 9.17) is 9.47 Å². The summed E-state index contributed by atoms with van der Waals surface area (Å²) in [6.45, 7) is 4.81. The van der Waals surface area contributed by atoms with Crippen molar-refractivity contribution in [2.45, 2.75) is 32.0 Å². The van der Waals surface area contributed by atoms with Gasteiger partial charge in [-0.05, 0) is 18.1 Å². The first-order chi connectivity index (χ1) is 11.7. The Morgan fingerprint density at radius 1 is 1.25 bits per heavy atom. The number of benzene rings is 1. The van der Waals surface area contributed by atoms with Crippen LogP contribution in [-0.4, -0.2) is 47.9 Å². The molecule has 1 amide bonds. The maximum atomic E-state index is 12.8. The normalized spacial score (nSPS) is 21.5. The minimum Gasteiger partial charge on any atom is -0.361 e. The van der Waals surface area contributed by atoms with Crippen LogP contribution in [0.4, 0.5) is 0 Å². The third-order valence-corrected chi connectivity index (χ3v) is 5.27. The lowest BCUT2D eigenvalue weighted by Gasteiger charge is -2.38. The maximum absolute atomic E-state index is 12.8. The van der Waals surface area contributed by atoms with Crippen molar-refractivity contribution >= 4 is 16.8 Å². The predicted molar refractivity (Wildman–Crippen MR) is 91.6 cm³/mol. The Morgan fingerprint density at radius 2 is 1.96 bits per heavy atom. The fourth-order valence-electron chi connectivity index (χ4n) is 3.88. The molecule has 5 heteroatoms. The van der Waals surface area contributed by atoms with Gasteiger partial charge in [0.1, 0.15) is 0 Å². The summed E-state index contributed by atoms with van der Waals surface area (Å²) in [7, 11) is 0. The Balaban J connectivity index is 1.39. The van der Waals surface area contributed by atoms with Crippen molar-refractivity contribution in [2.24, 2.45) is 5.92 Å². The fourth-order valence-corrected chi connectivity index (χ4v) is 3.88. The standard InChI is InChI=1S/C19H24N2O3/c1-14(12-15-13-20-17-5-3-2-4-16(15)17)18(22)21-8-6-19(7-9-21)23-10-11-24-19/h2-5,13-14,20H,6-12H2,1H3/t14-/m1/s1. The molecule has 2 fully saturated rings. The van der Waals surface area contributed by atoms with Gasteiger partial charge in [0.05, 0.1) is 13.2 Å². The zero-order valence-electron chi connectivity index (χ0n) is 14.1. The van der Waals surface area contributed by atoms with E-state index in [0.717, 1.165) is 37.9 Å². The molecule has 0 radical (unpaired) electrons. The van der Waals surface area contributed by atoms with Gasteiger partial charge in [-0.15, -0.1) is 0 Å². The number of ether oxygens (including phenoxy) is 2. The predicted octanol–water partition coefficient (Wildman–Crippen LogP) is 2.71. The third-order valence-electron chi connectivity index (χ3n) is 5.27. The zero-order chi connectivity index (χ0) is 16.6. The van der Waals surface area contributed by atoms with Crippen LogP contribution in [0.2, 0.25) is 0 Å². The number of carbonyl (C=O) groups excluding carboxylic acids is 1. The molecule has 1 N–H and O–H groups in total. The fraction of sp³-hybridized carbons (Fsp3) is 0.526. The second-order valence-electron chi connectivity index (χ2n) is 6.90. The average Bonchev–Trinajstić information content (AvgIpc) is 3.23. The van der Waals surface area contributed by atoms with Crippen LogP contribution in [0.15, 0.2) is 30.5 Å². The molecule has 2 aliphatic rings. The van der Waals surface area contributed by atoms with E-state index < -0.39 is 5.79 Å². The van der Waals surface area contributed by atoms with Gasteiger partial charge >= 0.3 is 0 Å². The SMILES string of the molecule is C[C@H](Cc1c[nH]c2ccccc12)C(=O)N1CCC2(CC1)OCCO2.